The van der Waals surface area contributed by atoms with Crippen LogP contribution in [0.3, 0.4) is 0 Å². The molecule has 0 radical (unpaired) electrons. The summed E-state index contributed by atoms with van der Waals surface area (Å²) in [5.74, 6) is 0.441. The summed E-state index contributed by atoms with van der Waals surface area (Å²) in [6.45, 7) is 3.94. The summed E-state index contributed by atoms with van der Waals surface area (Å²) < 4.78 is 5.43. The molecule has 2 rings (SSSR count). The van der Waals surface area contributed by atoms with Crippen molar-refractivity contribution >= 4 is 12.1 Å². The SMILES string of the molecule is Cc1ccc(C(=O)COc2cccc(C=O)c2)cc1C. The third-order valence-electron chi connectivity index (χ3n) is 3.19. The molecule has 102 valence electrons. The second kappa shape index (κ2) is 6.15. The molecule has 3 heteroatoms. The van der Waals surface area contributed by atoms with Crippen LogP contribution < -0.4 is 4.74 Å². The first kappa shape index (κ1) is 14.0. The minimum Gasteiger partial charge on any atom is -0.485 e. The van der Waals surface area contributed by atoms with E-state index in [2.05, 4.69) is 0 Å². The quantitative estimate of drug-likeness (QED) is 0.616. The first-order valence-corrected chi connectivity index (χ1v) is 6.38. The number of carbonyl (C=O) groups excluding carboxylic acids is 2. The first-order chi connectivity index (χ1) is 9.60. The first-order valence-electron chi connectivity index (χ1n) is 6.38. The largest absolute Gasteiger partial charge is 0.485 e. The Bertz CT molecular complexity index is 644. The molecule has 0 heterocycles. The van der Waals surface area contributed by atoms with Crippen LogP contribution in [-0.2, 0) is 0 Å². The average Bonchev–Trinajstić information content (AvgIpc) is 2.47. The maximum Gasteiger partial charge on any atom is 0.200 e. The van der Waals surface area contributed by atoms with Crippen LogP contribution in [0.25, 0.3) is 0 Å². The highest BCUT2D eigenvalue weighted by Crippen LogP contribution is 2.14. The second-order valence-corrected chi connectivity index (χ2v) is 4.70. The molecular formula is C17H16O3. The van der Waals surface area contributed by atoms with E-state index in [4.69, 9.17) is 4.74 Å². The average molecular weight is 268 g/mol. The third-order valence-corrected chi connectivity index (χ3v) is 3.19. The molecule has 0 atom stereocenters. The fourth-order valence-corrected chi connectivity index (χ4v) is 1.82. The van der Waals surface area contributed by atoms with Crippen molar-refractivity contribution in [1.82, 2.24) is 0 Å². The van der Waals surface area contributed by atoms with Crippen molar-refractivity contribution in [2.24, 2.45) is 0 Å². The van der Waals surface area contributed by atoms with Crippen molar-refractivity contribution in [1.29, 1.82) is 0 Å². The van der Waals surface area contributed by atoms with Gasteiger partial charge in [-0.1, -0.05) is 24.3 Å². The van der Waals surface area contributed by atoms with E-state index < -0.39 is 0 Å². The van der Waals surface area contributed by atoms with Gasteiger partial charge in [0.15, 0.2) is 12.4 Å². The number of Topliss-reactive ketones (excluding diaryl/α,β-unsaturated/α-hetero) is 1. The number of ether oxygens (including phenoxy) is 1. The van der Waals surface area contributed by atoms with Crippen LogP contribution in [0.2, 0.25) is 0 Å². The van der Waals surface area contributed by atoms with Crippen LogP contribution in [0.1, 0.15) is 31.8 Å². The molecule has 0 aliphatic heterocycles. The zero-order chi connectivity index (χ0) is 14.5. The van der Waals surface area contributed by atoms with E-state index in [9.17, 15) is 9.59 Å². The van der Waals surface area contributed by atoms with Gasteiger partial charge in [0.1, 0.15) is 12.0 Å². The van der Waals surface area contributed by atoms with Crippen LogP contribution in [-0.4, -0.2) is 18.7 Å². The molecule has 2 aromatic carbocycles. The monoisotopic (exact) mass is 268 g/mol. The van der Waals surface area contributed by atoms with Gasteiger partial charge in [0.25, 0.3) is 0 Å². The molecule has 0 aliphatic rings. The molecule has 0 unspecified atom stereocenters. The Morgan fingerprint density at radius 2 is 1.90 bits per heavy atom. The summed E-state index contributed by atoms with van der Waals surface area (Å²) in [6.07, 6.45) is 0.748. The van der Waals surface area contributed by atoms with Gasteiger partial charge in [0, 0.05) is 11.1 Å². The van der Waals surface area contributed by atoms with Gasteiger partial charge in [0.05, 0.1) is 0 Å². The molecule has 0 amide bonds. The van der Waals surface area contributed by atoms with Crippen molar-refractivity contribution in [3.05, 3.63) is 64.7 Å². The van der Waals surface area contributed by atoms with Gasteiger partial charge in [-0.3, -0.25) is 9.59 Å². The van der Waals surface area contributed by atoms with Crippen molar-refractivity contribution in [2.75, 3.05) is 6.61 Å². The molecule has 0 aliphatic carbocycles. The fraction of sp³-hybridized carbons (Fsp3) is 0.176. The number of carbonyl (C=O) groups is 2. The molecule has 0 spiro atoms. The Balaban J connectivity index is 2.04. The fourth-order valence-electron chi connectivity index (χ4n) is 1.82. The predicted molar refractivity (Wildman–Crippen MR) is 77.6 cm³/mol. The van der Waals surface area contributed by atoms with Crippen LogP contribution >= 0.6 is 0 Å². The molecule has 0 saturated carbocycles. The number of aldehydes is 1. The minimum atomic E-state index is -0.0791. The van der Waals surface area contributed by atoms with E-state index in [0.29, 0.717) is 16.9 Å². The summed E-state index contributed by atoms with van der Waals surface area (Å²) in [5.41, 5.74) is 3.40. The lowest BCUT2D eigenvalue weighted by atomic mass is 10.0. The summed E-state index contributed by atoms with van der Waals surface area (Å²) in [7, 11) is 0. The lowest BCUT2D eigenvalue weighted by Gasteiger charge is -2.07. The standard InChI is InChI=1S/C17H16O3/c1-12-6-7-15(8-13(12)2)17(19)11-20-16-5-3-4-14(9-16)10-18/h3-10H,11H2,1-2H3. The summed E-state index contributed by atoms with van der Waals surface area (Å²) in [6, 6.07) is 12.3. The van der Waals surface area contributed by atoms with Crippen LogP contribution in [0.4, 0.5) is 0 Å². The molecule has 0 N–H and O–H groups in total. The molecule has 3 nitrogen and oxygen atoms in total. The Labute approximate surface area is 118 Å². The molecule has 20 heavy (non-hydrogen) atoms. The zero-order valence-corrected chi connectivity index (χ0v) is 11.6. The van der Waals surface area contributed by atoms with Gasteiger partial charge in [0.2, 0.25) is 0 Å². The van der Waals surface area contributed by atoms with Crippen molar-refractivity contribution in [3.63, 3.8) is 0 Å². The maximum absolute atomic E-state index is 12.0. The minimum absolute atomic E-state index is 0.0369. The predicted octanol–water partition coefficient (Wildman–Crippen LogP) is 3.38. The van der Waals surface area contributed by atoms with Crippen LogP contribution in [0, 0.1) is 13.8 Å². The lowest BCUT2D eigenvalue weighted by Crippen LogP contribution is -2.12. The third kappa shape index (κ3) is 3.32. The Kier molecular flexibility index (Phi) is 4.31. The highest BCUT2D eigenvalue weighted by Gasteiger charge is 2.08. The second-order valence-electron chi connectivity index (χ2n) is 4.70. The lowest BCUT2D eigenvalue weighted by molar-refractivity contribution is 0.0921. The van der Waals surface area contributed by atoms with Crippen molar-refractivity contribution in [2.45, 2.75) is 13.8 Å². The van der Waals surface area contributed by atoms with Crippen molar-refractivity contribution in [3.8, 4) is 5.75 Å². The molecule has 0 fully saturated rings. The highest BCUT2D eigenvalue weighted by atomic mass is 16.5. The van der Waals surface area contributed by atoms with Crippen LogP contribution in [0.15, 0.2) is 42.5 Å². The number of hydrogen-bond acceptors (Lipinski definition) is 3. The van der Waals surface area contributed by atoms with Gasteiger partial charge < -0.3 is 4.74 Å². The number of rotatable bonds is 5. The van der Waals surface area contributed by atoms with Gasteiger partial charge in [-0.15, -0.1) is 0 Å². The molecule has 0 bridgehead atoms. The molecule has 0 aromatic heterocycles. The molecule has 2 aromatic rings. The van der Waals surface area contributed by atoms with Crippen molar-refractivity contribution < 1.29 is 14.3 Å². The van der Waals surface area contributed by atoms with E-state index >= 15 is 0 Å². The van der Waals surface area contributed by atoms with E-state index in [1.807, 2.05) is 26.0 Å². The summed E-state index contributed by atoms with van der Waals surface area (Å²) >= 11 is 0. The number of ketones is 1. The smallest absolute Gasteiger partial charge is 0.200 e. The topological polar surface area (TPSA) is 43.4 Å². The van der Waals surface area contributed by atoms with Gasteiger partial charge >= 0.3 is 0 Å². The Hall–Kier alpha value is -2.42. The highest BCUT2D eigenvalue weighted by molar-refractivity contribution is 5.97. The zero-order valence-electron chi connectivity index (χ0n) is 11.6. The van der Waals surface area contributed by atoms with E-state index in [1.165, 1.54) is 0 Å². The Morgan fingerprint density at radius 3 is 2.60 bits per heavy atom. The van der Waals surface area contributed by atoms with Crippen LogP contribution in [0.5, 0.6) is 5.75 Å². The number of benzene rings is 2. The Morgan fingerprint density at radius 1 is 1.10 bits per heavy atom. The van der Waals surface area contributed by atoms with Gasteiger partial charge in [-0.25, -0.2) is 0 Å². The van der Waals surface area contributed by atoms with Gasteiger partial charge in [-0.2, -0.15) is 0 Å². The maximum atomic E-state index is 12.0. The van der Waals surface area contributed by atoms with E-state index in [-0.39, 0.29) is 12.4 Å². The van der Waals surface area contributed by atoms with E-state index in [0.717, 1.165) is 17.4 Å². The van der Waals surface area contributed by atoms with Gasteiger partial charge in [-0.05, 0) is 43.2 Å². The summed E-state index contributed by atoms with van der Waals surface area (Å²) in [5, 5.41) is 0. The van der Waals surface area contributed by atoms with E-state index in [1.54, 1.807) is 30.3 Å². The molecular weight excluding hydrogens is 252 g/mol. The number of hydrogen-bond donors (Lipinski definition) is 0. The molecule has 0 saturated heterocycles. The normalized spacial score (nSPS) is 10.1. The summed E-state index contributed by atoms with van der Waals surface area (Å²) in [4.78, 5) is 22.7. The number of aryl methyl sites for hydroxylation is 2.